The van der Waals surface area contributed by atoms with Gasteiger partial charge in [-0.2, -0.15) is 0 Å². The molecule has 0 spiro atoms. The van der Waals surface area contributed by atoms with Crippen molar-refractivity contribution >= 4 is 17.7 Å². The maximum Gasteiger partial charge on any atom is 0.0439 e. The van der Waals surface area contributed by atoms with Gasteiger partial charge in [0.25, 0.3) is 0 Å². The number of allylic oxidation sites excluding steroid dienone is 1. The quantitative estimate of drug-likeness (QED) is 0.651. The van der Waals surface area contributed by atoms with Gasteiger partial charge in [0.05, 0.1) is 0 Å². The van der Waals surface area contributed by atoms with Gasteiger partial charge in [-0.15, -0.1) is 11.6 Å². The molecule has 0 saturated heterocycles. The van der Waals surface area contributed by atoms with Crippen LogP contribution in [0.5, 0.6) is 0 Å². The van der Waals surface area contributed by atoms with Crippen molar-refractivity contribution in [3.05, 3.63) is 41.0 Å². The van der Waals surface area contributed by atoms with Gasteiger partial charge in [0, 0.05) is 5.88 Å². The Hall–Kier alpha value is -0.750. The molecule has 0 saturated carbocycles. The number of hydrogen-bond donors (Lipinski definition) is 0. The smallest absolute Gasteiger partial charge is 0.0439 e. The van der Waals surface area contributed by atoms with Gasteiger partial charge in [0.2, 0.25) is 0 Å². The van der Waals surface area contributed by atoms with E-state index in [1.165, 1.54) is 16.7 Å². The van der Waals surface area contributed by atoms with E-state index in [4.69, 9.17) is 11.6 Å². The maximum absolute atomic E-state index is 5.90. The van der Waals surface area contributed by atoms with E-state index in [1.807, 2.05) is 0 Å². The average Bonchev–Trinajstić information content (AvgIpc) is 2.16. The molecule has 0 aliphatic carbocycles. The summed E-state index contributed by atoms with van der Waals surface area (Å²) in [7, 11) is 0. The molecule has 1 aromatic rings. The third-order valence-corrected chi connectivity index (χ3v) is 2.73. The van der Waals surface area contributed by atoms with E-state index in [9.17, 15) is 0 Å². The third kappa shape index (κ3) is 2.88. The lowest BCUT2D eigenvalue weighted by atomic mass is 10.00. The Morgan fingerprint density at radius 3 is 2.50 bits per heavy atom. The van der Waals surface area contributed by atoms with Crippen LogP contribution in [0, 0.1) is 12.8 Å². The van der Waals surface area contributed by atoms with Crippen molar-refractivity contribution in [2.45, 2.75) is 20.8 Å². The first-order chi connectivity index (χ1) is 6.65. The van der Waals surface area contributed by atoms with Crippen molar-refractivity contribution in [2.24, 2.45) is 5.92 Å². The molecule has 14 heavy (non-hydrogen) atoms. The Morgan fingerprint density at radius 1 is 1.36 bits per heavy atom. The molecule has 0 atom stereocenters. The van der Waals surface area contributed by atoms with E-state index in [-0.39, 0.29) is 0 Å². The first kappa shape index (κ1) is 11.3. The van der Waals surface area contributed by atoms with Crippen LogP contribution in [0.25, 0.3) is 6.08 Å². The minimum Gasteiger partial charge on any atom is -0.122 e. The SMILES string of the molecule is Cc1ccccc1C=C(CCl)C(C)C. The number of aryl methyl sites for hydroxylation is 1. The van der Waals surface area contributed by atoms with Crippen LogP contribution >= 0.6 is 11.6 Å². The van der Waals surface area contributed by atoms with Crippen molar-refractivity contribution in [2.75, 3.05) is 5.88 Å². The highest BCUT2D eigenvalue weighted by atomic mass is 35.5. The van der Waals surface area contributed by atoms with Crippen LogP contribution in [0.2, 0.25) is 0 Å². The monoisotopic (exact) mass is 208 g/mol. The van der Waals surface area contributed by atoms with Gasteiger partial charge in [-0.25, -0.2) is 0 Å². The third-order valence-electron chi connectivity index (χ3n) is 2.43. The minimum atomic E-state index is 0.520. The van der Waals surface area contributed by atoms with Crippen molar-refractivity contribution in [3.63, 3.8) is 0 Å². The van der Waals surface area contributed by atoms with Crippen LogP contribution in [0.3, 0.4) is 0 Å². The molecule has 0 heterocycles. The second-order valence-corrected chi connectivity index (χ2v) is 4.13. The summed E-state index contributed by atoms with van der Waals surface area (Å²) >= 11 is 5.90. The fraction of sp³-hybridized carbons (Fsp3) is 0.385. The summed E-state index contributed by atoms with van der Waals surface area (Å²) in [4.78, 5) is 0. The van der Waals surface area contributed by atoms with E-state index in [0.29, 0.717) is 11.8 Å². The Kier molecular flexibility index (Phi) is 4.21. The fourth-order valence-electron chi connectivity index (χ4n) is 1.31. The molecular formula is C13H17Cl. The number of alkyl halides is 1. The predicted molar refractivity (Wildman–Crippen MR) is 64.7 cm³/mol. The number of halogens is 1. The van der Waals surface area contributed by atoms with Crippen LogP contribution < -0.4 is 0 Å². The van der Waals surface area contributed by atoms with Crippen molar-refractivity contribution in [1.82, 2.24) is 0 Å². The standard InChI is InChI=1S/C13H17Cl/c1-10(2)13(9-14)8-12-7-5-4-6-11(12)3/h4-8,10H,9H2,1-3H3. The average molecular weight is 209 g/mol. The number of rotatable bonds is 3. The molecule has 0 aliphatic heterocycles. The second-order valence-electron chi connectivity index (χ2n) is 3.86. The summed E-state index contributed by atoms with van der Waals surface area (Å²) < 4.78 is 0. The zero-order valence-corrected chi connectivity index (χ0v) is 9.81. The lowest BCUT2D eigenvalue weighted by molar-refractivity contribution is 0.778. The van der Waals surface area contributed by atoms with E-state index in [1.54, 1.807) is 0 Å². The molecule has 0 aromatic heterocycles. The summed E-state index contributed by atoms with van der Waals surface area (Å²) in [5, 5.41) is 0. The Morgan fingerprint density at radius 2 is 2.00 bits per heavy atom. The number of hydrogen-bond acceptors (Lipinski definition) is 0. The minimum absolute atomic E-state index is 0.520. The normalized spacial score (nSPS) is 12.2. The van der Waals surface area contributed by atoms with Crippen LogP contribution in [-0.4, -0.2) is 5.88 Å². The van der Waals surface area contributed by atoms with Gasteiger partial charge in [-0.05, 0) is 24.0 Å². The van der Waals surface area contributed by atoms with Crippen LogP contribution in [0.4, 0.5) is 0 Å². The van der Waals surface area contributed by atoms with E-state index >= 15 is 0 Å². The highest BCUT2D eigenvalue weighted by molar-refractivity contribution is 6.19. The van der Waals surface area contributed by atoms with Crippen molar-refractivity contribution in [1.29, 1.82) is 0 Å². The Labute approximate surface area is 91.6 Å². The van der Waals surface area contributed by atoms with Gasteiger partial charge >= 0.3 is 0 Å². The Bertz CT molecular complexity index is 324. The molecule has 0 N–H and O–H groups in total. The first-order valence-electron chi connectivity index (χ1n) is 4.97. The molecule has 0 bridgehead atoms. The lowest BCUT2D eigenvalue weighted by Crippen LogP contribution is -1.95. The highest BCUT2D eigenvalue weighted by Gasteiger charge is 2.02. The van der Waals surface area contributed by atoms with Crippen LogP contribution in [0.1, 0.15) is 25.0 Å². The summed E-state index contributed by atoms with van der Waals surface area (Å²) in [5.41, 5.74) is 3.87. The summed E-state index contributed by atoms with van der Waals surface area (Å²) in [5.74, 6) is 1.14. The van der Waals surface area contributed by atoms with Crippen molar-refractivity contribution < 1.29 is 0 Å². The van der Waals surface area contributed by atoms with Gasteiger partial charge in [0.15, 0.2) is 0 Å². The Balaban J connectivity index is 3.00. The number of benzene rings is 1. The topological polar surface area (TPSA) is 0 Å². The largest absolute Gasteiger partial charge is 0.122 e. The molecule has 1 rings (SSSR count). The van der Waals surface area contributed by atoms with E-state index < -0.39 is 0 Å². The van der Waals surface area contributed by atoms with Gasteiger partial charge in [-0.1, -0.05) is 49.8 Å². The molecular weight excluding hydrogens is 192 g/mol. The molecule has 0 unspecified atom stereocenters. The summed E-state index contributed by atoms with van der Waals surface area (Å²) in [6.45, 7) is 6.47. The van der Waals surface area contributed by atoms with E-state index in [2.05, 4.69) is 51.1 Å². The zero-order valence-electron chi connectivity index (χ0n) is 9.05. The molecule has 0 radical (unpaired) electrons. The fourth-order valence-corrected chi connectivity index (χ4v) is 1.69. The predicted octanol–water partition coefficient (Wildman–Crippen LogP) is 4.27. The van der Waals surface area contributed by atoms with Gasteiger partial charge in [0.1, 0.15) is 0 Å². The molecule has 1 aromatic carbocycles. The summed E-state index contributed by atoms with van der Waals surface area (Å²) in [6.07, 6.45) is 2.20. The molecule has 0 aliphatic rings. The zero-order chi connectivity index (χ0) is 10.6. The molecule has 0 fully saturated rings. The van der Waals surface area contributed by atoms with Crippen LogP contribution in [-0.2, 0) is 0 Å². The van der Waals surface area contributed by atoms with Crippen molar-refractivity contribution in [3.8, 4) is 0 Å². The maximum atomic E-state index is 5.90. The van der Waals surface area contributed by atoms with Crippen LogP contribution in [0.15, 0.2) is 29.8 Å². The van der Waals surface area contributed by atoms with Gasteiger partial charge < -0.3 is 0 Å². The lowest BCUT2D eigenvalue weighted by Gasteiger charge is -2.08. The second kappa shape index (κ2) is 5.21. The summed E-state index contributed by atoms with van der Waals surface area (Å²) in [6, 6.07) is 8.37. The first-order valence-corrected chi connectivity index (χ1v) is 5.50. The molecule has 1 heteroatoms. The van der Waals surface area contributed by atoms with Gasteiger partial charge in [-0.3, -0.25) is 0 Å². The van der Waals surface area contributed by atoms with E-state index in [0.717, 1.165) is 0 Å². The highest BCUT2D eigenvalue weighted by Crippen LogP contribution is 2.18. The molecule has 0 nitrogen and oxygen atoms in total. The molecule has 76 valence electrons. The molecule has 0 amide bonds.